The zero-order valence-electron chi connectivity index (χ0n) is 15.7. The molecule has 140 valence electrons. The van der Waals surface area contributed by atoms with E-state index in [4.69, 9.17) is 0 Å². The summed E-state index contributed by atoms with van der Waals surface area (Å²) in [5, 5.41) is 6.45. The molecular weight excluding hydrogens is 343 g/mol. The van der Waals surface area contributed by atoms with Crippen LogP contribution in [0.5, 0.6) is 0 Å². The van der Waals surface area contributed by atoms with Gasteiger partial charge in [-0.05, 0) is 45.3 Å². The van der Waals surface area contributed by atoms with Crippen LogP contribution in [0, 0.1) is 12.7 Å². The minimum absolute atomic E-state index is 0.257. The van der Waals surface area contributed by atoms with Gasteiger partial charge in [0.1, 0.15) is 11.6 Å². The van der Waals surface area contributed by atoms with E-state index < -0.39 is 0 Å². The first-order chi connectivity index (χ1) is 13.0. The second kappa shape index (κ2) is 8.55. The van der Waals surface area contributed by atoms with Crippen LogP contribution in [0.25, 0.3) is 11.3 Å². The third-order valence-corrected chi connectivity index (χ3v) is 4.07. The number of nitrogens with zero attached hydrogens (tertiary/aromatic N) is 4. The number of anilines is 3. The second-order valence-electron chi connectivity index (χ2n) is 6.47. The summed E-state index contributed by atoms with van der Waals surface area (Å²) in [4.78, 5) is 15.3. The van der Waals surface area contributed by atoms with Crippen LogP contribution in [0.15, 0.2) is 48.8 Å². The molecule has 0 atom stereocenters. The first kappa shape index (κ1) is 18.7. The zero-order chi connectivity index (χ0) is 19.2. The standard InChI is InChI=1S/C20H23FN6/c1-14-16(21)5-4-6-17(14)24-19-13-18(15-7-9-22-10-8-15)25-20(26-19)23-11-12-27(2)3/h4-10,13H,11-12H2,1-3H3,(H2,23,24,25,26). The number of benzene rings is 1. The normalized spacial score (nSPS) is 10.9. The average Bonchev–Trinajstić information content (AvgIpc) is 2.66. The molecule has 0 fully saturated rings. The third-order valence-electron chi connectivity index (χ3n) is 4.07. The number of pyridine rings is 1. The van der Waals surface area contributed by atoms with Crippen LogP contribution in [0.2, 0.25) is 0 Å². The van der Waals surface area contributed by atoms with E-state index in [1.807, 2.05) is 38.4 Å². The van der Waals surface area contributed by atoms with Gasteiger partial charge in [-0.25, -0.2) is 9.37 Å². The molecule has 0 aliphatic rings. The van der Waals surface area contributed by atoms with Gasteiger partial charge in [-0.15, -0.1) is 0 Å². The smallest absolute Gasteiger partial charge is 0.225 e. The maximum absolute atomic E-state index is 13.9. The number of hydrogen-bond donors (Lipinski definition) is 2. The molecule has 6 nitrogen and oxygen atoms in total. The van der Waals surface area contributed by atoms with Gasteiger partial charge in [-0.2, -0.15) is 4.98 Å². The van der Waals surface area contributed by atoms with Crippen LogP contribution in [0.1, 0.15) is 5.56 Å². The molecule has 0 bridgehead atoms. The number of aromatic nitrogens is 3. The summed E-state index contributed by atoms with van der Waals surface area (Å²) < 4.78 is 13.9. The van der Waals surface area contributed by atoms with Crippen molar-refractivity contribution in [2.75, 3.05) is 37.8 Å². The molecule has 0 amide bonds. The lowest BCUT2D eigenvalue weighted by Crippen LogP contribution is -2.21. The van der Waals surface area contributed by atoms with Crippen molar-refractivity contribution in [3.8, 4) is 11.3 Å². The fourth-order valence-corrected chi connectivity index (χ4v) is 2.53. The van der Waals surface area contributed by atoms with Crippen LogP contribution in [-0.2, 0) is 0 Å². The van der Waals surface area contributed by atoms with Crippen molar-refractivity contribution in [3.63, 3.8) is 0 Å². The molecule has 0 spiro atoms. The summed E-state index contributed by atoms with van der Waals surface area (Å²) in [6.45, 7) is 3.30. The molecular formula is C20H23FN6. The van der Waals surface area contributed by atoms with Crippen LogP contribution < -0.4 is 10.6 Å². The first-order valence-electron chi connectivity index (χ1n) is 8.73. The fourth-order valence-electron chi connectivity index (χ4n) is 2.53. The molecule has 27 heavy (non-hydrogen) atoms. The maximum atomic E-state index is 13.9. The number of rotatable bonds is 7. The summed E-state index contributed by atoms with van der Waals surface area (Å²) in [5.74, 6) is 0.855. The van der Waals surface area contributed by atoms with Crippen molar-refractivity contribution in [3.05, 3.63) is 60.2 Å². The Labute approximate surface area is 158 Å². The summed E-state index contributed by atoms with van der Waals surface area (Å²) in [7, 11) is 4.02. The highest BCUT2D eigenvalue weighted by molar-refractivity contribution is 5.68. The SMILES string of the molecule is Cc1c(F)cccc1Nc1cc(-c2ccncc2)nc(NCCN(C)C)n1. The van der Waals surface area contributed by atoms with Crippen LogP contribution in [0.3, 0.4) is 0 Å². The predicted octanol–water partition coefficient (Wildman–Crippen LogP) is 3.70. The fraction of sp³-hybridized carbons (Fsp3) is 0.250. The molecule has 0 aliphatic heterocycles. The predicted molar refractivity (Wildman–Crippen MR) is 107 cm³/mol. The van der Waals surface area contributed by atoms with E-state index in [1.54, 1.807) is 25.4 Å². The van der Waals surface area contributed by atoms with Gasteiger partial charge in [0.25, 0.3) is 0 Å². The number of halogens is 1. The van der Waals surface area contributed by atoms with E-state index in [2.05, 4.69) is 30.5 Å². The molecule has 0 radical (unpaired) electrons. The lowest BCUT2D eigenvalue weighted by Gasteiger charge is -2.14. The van der Waals surface area contributed by atoms with Crippen molar-refractivity contribution in [2.24, 2.45) is 0 Å². The Morgan fingerprint density at radius 3 is 2.59 bits per heavy atom. The van der Waals surface area contributed by atoms with Crippen molar-refractivity contribution < 1.29 is 4.39 Å². The number of likely N-dealkylation sites (N-methyl/N-ethyl adjacent to an activating group) is 1. The largest absolute Gasteiger partial charge is 0.353 e. The maximum Gasteiger partial charge on any atom is 0.225 e. The van der Waals surface area contributed by atoms with E-state index in [0.717, 1.165) is 17.8 Å². The Hall–Kier alpha value is -3.06. The first-order valence-corrected chi connectivity index (χ1v) is 8.73. The summed E-state index contributed by atoms with van der Waals surface area (Å²) in [6, 6.07) is 10.6. The van der Waals surface area contributed by atoms with Gasteiger partial charge in [-0.1, -0.05) is 6.07 Å². The highest BCUT2D eigenvalue weighted by Crippen LogP contribution is 2.25. The average molecular weight is 366 g/mol. The lowest BCUT2D eigenvalue weighted by molar-refractivity contribution is 0.425. The minimum Gasteiger partial charge on any atom is -0.353 e. The van der Waals surface area contributed by atoms with Crippen LogP contribution in [-0.4, -0.2) is 47.0 Å². The molecule has 2 heterocycles. The van der Waals surface area contributed by atoms with Crippen LogP contribution in [0.4, 0.5) is 21.8 Å². The summed E-state index contributed by atoms with van der Waals surface area (Å²) in [5.41, 5.74) is 2.91. The van der Waals surface area contributed by atoms with E-state index in [1.165, 1.54) is 6.07 Å². The molecule has 0 saturated heterocycles. The van der Waals surface area contributed by atoms with Gasteiger partial charge in [0.2, 0.25) is 5.95 Å². The Kier molecular flexibility index (Phi) is 5.93. The topological polar surface area (TPSA) is 66.0 Å². The van der Waals surface area contributed by atoms with Gasteiger partial charge in [0.05, 0.1) is 5.69 Å². The van der Waals surface area contributed by atoms with Crippen molar-refractivity contribution in [1.82, 2.24) is 19.9 Å². The van der Waals surface area contributed by atoms with Crippen LogP contribution >= 0.6 is 0 Å². The number of nitrogens with one attached hydrogen (secondary N) is 2. The van der Waals surface area contributed by atoms with E-state index >= 15 is 0 Å². The number of hydrogen-bond acceptors (Lipinski definition) is 6. The molecule has 1 aromatic carbocycles. The molecule has 0 saturated carbocycles. The van der Waals surface area contributed by atoms with Crippen molar-refractivity contribution >= 4 is 17.5 Å². The molecule has 0 unspecified atom stereocenters. The van der Waals surface area contributed by atoms with Gasteiger partial charge in [-0.3, -0.25) is 4.98 Å². The molecule has 0 aliphatic carbocycles. The van der Waals surface area contributed by atoms with Crippen molar-refractivity contribution in [2.45, 2.75) is 6.92 Å². The molecule has 2 N–H and O–H groups in total. The second-order valence-corrected chi connectivity index (χ2v) is 6.47. The molecule has 2 aromatic heterocycles. The zero-order valence-corrected chi connectivity index (χ0v) is 15.7. The molecule has 3 aromatic rings. The quantitative estimate of drug-likeness (QED) is 0.665. The Morgan fingerprint density at radius 1 is 1.07 bits per heavy atom. The van der Waals surface area contributed by atoms with Gasteiger partial charge >= 0.3 is 0 Å². The van der Waals surface area contributed by atoms with Gasteiger partial charge < -0.3 is 15.5 Å². The summed E-state index contributed by atoms with van der Waals surface area (Å²) in [6.07, 6.45) is 3.45. The monoisotopic (exact) mass is 366 g/mol. The van der Waals surface area contributed by atoms with E-state index in [0.29, 0.717) is 29.6 Å². The molecule has 7 heteroatoms. The molecule has 3 rings (SSSR count). The minimum atomic E-state index is -0.257. The highest BCUT2D eigenvalue weighted by Gasteiger charge is 2.09. The van der Waals surface area contributed by atoms with E-state index in [-0.39, 0.29) is 5.82 Å². The van der Waals surface area contributed by atoms with Crippen molar-refractivity contribution in [1.29, 1.82) is 0 Å². The Bertz CT molecular complexity index is 898. The third kappa shape index (κ3) is 4.98. The van der Waals surface area contributed by atoms with E-state index in [9.17, 15) is 4.39 Å². The Morgan fingerprint density at radius 2 is 1.85 bits per heavy atom. The lowest BCUT2D eigenvalue weighted by atomic mass is 10.1. The summed E-state index contributed by atoms with van der Waals surface area (Å²) >= 11 is 0. The Balaban J connectivity index is 1.92. The highest BCUT2D eigenvalue weighted by atomic mass is 19.1. The van der Waals surface area contributed by atoms with Gasteiger partial charge in [0, 0.05) is 48.4 Å². The van der Waals surface area contributed by atoms with Gasteiger partial charge in [0.15, 0.2) is 0 Å².